The largest absolute Gasteiger partial charge is 0.497 e. The van der Waals surface area contributed by atoms with Crippen LogP contribution < -0.4 is 15.4 Å². The zero-order valence-corrected chi connectivity index (χ0v) is 16.4. The van der Waals surface area contributed by atoms with Crippen molar-refractivity contribution >= 4 is 23.5 Å². The summed E-state index contributed by atoms with van der Waals surface area (Å²) in [6.07, 6.45) is -1.01. The first kappa shape index (κ1) is 21.0. The molecule has 2 aromatic carbocycles. The molecule has 7 nitrogen and oxygen atoms in total. The fraction of sp³-hybridized carbons (Fsp3) is 0.286. The molecule has 0 radical (unpaired) electrons. The number of rotatable bonds is 7. The van der Waals surface area contributed by atoms with Gasteiger partial charge in [-0.15, -0.1) is 0 Å². The number of carbonyl (C=O) groups is 3. The molecular weight excluding hydrogens is 360 g/mol. The predicted molar refractivity (Wildman–Crippen MR) is 105 cm³/mol. The molecular formula is C21H24N2O5. The maximum Gasteiger partial charge on any atom is 0.326 e. The van der Waals surface area contributed by atoms with Crippen LogP contribution in [0.25, 0.3) is 0 Å². The van der Waals surface area contributed by atoms with E-state index in [1.807, 2.05) is 19.9 Å². The fourth-order valence-electron chi connectivity index (χ4n) is 2.35. The Hall–Kier alpha value is -3.35. The van der Waals surface area contributed by atoms with Crippen molar-refractivity contribution in [3.63, 3.8) is 0 Å². The van der Waals surface area contributed by atoms with Gasteiger partial charge in [0.05, 0.1) is 7.11 Å². The summed E-state index contributed by atoms with van der Waals surface area (Å²) in [5.74, 6) is -0.888. The summed E-state index contributed by atoms with van der Waals surface area (Å²) in [5, 5.41) is 5.13. The molecule has 0 saturated carbocycles. The van der Waals surface area contributed by atoms with E-state index in [2.05, 4.69) is 10.6 Å². The third kappa shape index (κ3) is 5.84. The third-order valence-electron chi connectivity index (χ3n) is 4.20. The maximum absolute atomic E-state index is 12.1. The van der Waals surface area contributed by atoms with Gasteiger partial charge in [-0.1, -0.05) is 6.07 Å². The first-order valence-electron chi connectivity index (χ1n) is 8.80. The second kappa shape index (κ2) is 9.55. The highest BCUT2D eigenvalue weighted by molar-refractivity contribution is 5.97. The van der Waals surface area contributed by atoms with Crippen LogP contribution in [-0.4, -0.2) is 37.5 Å². The Morgan fingerprint density at radius 1 is 1.00 bits per heavy atom. The van der Waals surface area contributed by atoms with Gasteiger partial charge < -0.3 is 20.1 Å². The van der Waals surface area contributed by atoms with Crippen LogP contribution >= 0.6 is 0 Å². The molecule has 1 atom stereocenters. The summed E-state index contributed by atoms with van der Waals surface area (Å²) in [4.78, 5) is 36.2. The summed E-state index contributed by atoms with van der Waals surface area (Å²) in [6, 6.07) is 12.0. The number of ether oxygens (including phenoxy) is 2. The molecule has 28 heavy (non-hydrogen) atoms. The number of nitrogens with one attached hydrogen (secondary N) is 2. The first-order valence-corrected chi connectivity index (χ1v) is 8.80. The van der Waals surface area contributed by atoms with Crippen LogP contribution in [0.1, 0.15) is 28.4 Å². The molecule has 2 rings (SSSR count). The van der Waals surface area contributed by atoms with E-state index in [4.69, 9.17) is 9.47 Å². The van der Waals surface area contributed by atoms with E-state index < -0.39 is 18.0 Å². The monoisotopic (exact) mass is 384 g/mol. The van der Waals surface area contributed by atoms with Gasteiger partial charge in [0.25, 0.3) is 11.8 Å². The van der Waals surface area contributed by atoms with Crippen molar-refractivity contribution in [1.29, 1.82) is 0 Å². The molecule has 0 fully saturated rings. The number of hydrogen-bond donors (Lipinski definition) is 2. The van der Waals surface area contributed by atoms with Crippen LogP contribution in [0.4, 0.5) is 5.69 Å². The lowest BCUT2D eigenvalue weighted by molar-refractivity contribution is -0.152. The smallest absolute Gasteiger partial charge is 0.326 e. The molecule has 0 bridgehead atoms. The lowest BCUT2D eigenvalue weighted by Crippen LogP contribution is -2.35. The topological polar surface area (TPSA) is 93.7 Å². The number of aryl methyl sites for hydroxylation is 2. The number of carbonyl (C=O) groups excluding carboxylic acids is 3. The van der Waals surface area contributed by atoms with Gasteiger partial charge in [0.15, 0.2) is 6.10 Å². The molecule has 148 valence electrons. The fourth-order valence-corrected chi connectivity index (χ4v) is 2.35. The van der Waals surface area contributed by atoms with E-state index in [0.717, 1.165) is 11.1 Å². The number of esters is 1. The number of benzene rings is 2. The Morgan fingerprint density at radius 2 is 1.68 bits per heavy atom. The molecule has 0 spiro atoms. The highest BCUT2D eigenvalue weighted by Crippen LogP contribution is 2.15. The Balaban J connectivity index is 1.81. The van der Waals surface area contributed by atoms with Crippen molar-refractivity contribution in [3.8, 4) is 5.75 Å². The average Bonchev–Trinajstić information content (AvgIpc) is 2.68. The second-order valence-corrected chi connectivity index (χ2v) is 6.33. The van der Waals surface area contributed by atoms with Gasteiger partial charge in [0.1, 0.15) is 12.3 Å². The molecule has 0 aliphatic heterocycles. The van der Waals surface area contributed by atoms with Crippen LogP contribution in [-0.2, 0) is 14.3 Å². The highest BCUT2D eigenvalue weighted by Gasteiger charge is 2.18. The van der Waals surface area contributed by atoms with E-state index in [0.29, 0.717) is 17.0 Å². The van der Waals surface area contributed by atoms with Crippen molar-refractivity contribution in [3.05, 3.63) is 59.2 Å². The molecule has 0 unspecified atom stereocenters. The minimum Gasteiger partial charge on any atom is -0.497 e. The van der Waals surface area contributed by atoms with Gasteiger partial charge in [0.2, 0.25) is 0 Å². The van der Waals surface area contributed by atoms with Crippen LogP contribution in [0.2, 0.25) is 0 Å². The summed E-state index contributed by atoms with van der Waals surface area (Å²) < 4.78 is 10.1. The van der Waals surface area contributed by atoms with Gasteiger partial charge in [-0.3, -0.25) is 14.4 Å². The van der Waals surface area contributed by atoms with Crippen LogP contribution in [0.3, 0.4) is 0 Å². The van der Waals surface area contributed by atoms with E-state index in [1.54, 1.807) is 43.5 Å². The highest BCUT2D eigenvalue weighted by atomic mass is 16.5. The van der Waals surface area contributed by atoms with E-state index >= 15 is 0 Å². The van der Waals surface area contributed by atoms with Crippen molar-refractivity contribution in [1.82, 2.24) is 5.32 Å². The summed E-state index contributed by atoms with van der Waals surface area (Å²) >= 11 is 0. The first-order chi connectivity index (χ1) is 13.3. The SMILES string of the molecule is COc1ccc(NC(=O)[C@H](C)OC(=O)CNC(=O)c2ccc(C)c(C)c2)cc1. The molecule has 0 aliphatic rings. The Morgan fingerprint density at radius 3 is 2.29 bits per heavy atom. The number of anilines is 1. The molecule has 2 N–H and O–H groups in total. The third-order valence-corrected chi connectivity index (χ3v) is 4.20. The van der Waals surface area contributed by atoms with Crippen molar-refractivity contribution in [2.24, 2.45) is 0 Å². The molecule has 0 aromatic heterocycles. The minimum atomic E-state index is -1.01. The lowest BCUT2D eigenvalue weighted by atomic mass is 10.1. The van der Waals surface area contributed by atoms with Crippen LogP contribution in [0.5, 0.6) is 5.75 Å². The zero-order valence-electron chi connectivity index (χ0n) is 16.4. The molecule has 2 amide bonds. The van der Waals surface area contributed by atoms with Gasteiger partial charge in [-0.05, 0) is 68.3 Å². The Kier molecular flexibility index (Phi) is 7.14. The predicted octanol–water partition coefficient (Wildman–Crippen LogP) is 2.61. The Bertz CT molecular complexity index is 862. The van der Waals surface area contributed by atoms with Crippen molar-refractivity contribution in [2.75, 3.05) is 19.0 Å². The summed E-state index contributed by atoms with van der Waals surface area (Å²) in [5.41, 5.74) is 3.07. The standard InChI is InChI=1S/C21H24N2O5/c1-13-5-6-16(11-14(13)2)21(26)22-12-19(24)28-15(3)20(25)23-17-7-9-18(27-4)10-8-17/h5-11,15H,12H2,1-4H3,(H,22,26)(H,23,25)/t15-/m0/s1. The van der Waals surface area contributed by atoms with Crippen LogP contribution in [0.15, 0.2) is 42.5 Å². The number of amides is 2. The normalized spacial score (nSPS) is 11.3. The van der Waals surface area contributed by atoms with E-state index in [-0.39, 0.29) is 12.5 Å². The van der Waals surface area contributed by atoms with Crippen LogP contribution in [0, 0.1) is 13.8 Å². The minimum absolute atomic E-state index is 0.327. The molecule has 2 aromatic rings. The molecule has 7 heteroatoms. The average molecular weight is 384 g/mol. The summed E-state index contributed by atoms with van der Waals surface area (Å²) in [6.45, 7) is 4.99. The number of hydrogen-bond acceptors (Lipinski definition) is 5. The molecule has 0 heterocycles. The zero-order chi connectivity index (χ0) is 20.7. The van der Waals surface area contributed by atoms with Gasteiger partial charge in [0, 0.05) is 11.3 Å². The quantitative estimate of drug-likeness (QED) is 0.716. The maximum atomic E-state index is 12.1. The van der Waals surface area contributed by atoms with Gasteiger partial charge in [-0.25, -0.2) is 0 Å². The second-order valence-electron chi connectivity index (χ2n) is 6.33. The van der Waals surface area contributed by atoms with E-state index in [9.17, 15) is 14.4 Å². The van der Waals surface area contributed by atoms with Crippen molar-refractivity contribution < 1.29 is 23.9 Å². The summed E-state index contributed by atoms with van der Waals surface area (Å²) in [7, 11) is 1.55. The van der Waals surface area contributed by atoms with Gasteiger partial charge in [-0.2, -0.15) is 0 Å². The number of methoxy groups -OCH3 is 1. The molecule has 0 saturated heterocycles. The van der Waals surface area contributed by atoms with Gasteiger partial charge >= 0.3 is 5.97 Å². The Labute approximate surface area is 164 Å². The van der Waals surface area contributed by atoms with Crippen molar-refractivity contribution in [2.45, 2.75) is 26.9 Å². The lowest BCUT2D eigenvalue weighted by Gasteiger charge is -2.14. The molecule has 0 aliphatic carbocycles. The van der Waals surface area contributed by atoms with E-state index in [1.165, 1.54) is 6.92 Å².